The molecule has 0 aromatic heterocycles. The summed E-state index contributed by atoms with van der Waals surface area (Å²) in [6.45, 7) is 3.21. The highest BCUT2D eigenvalue weighted by atomic mass is 35.5. The van der Waals surface area contributed by atoms with Gasteiger partial charge in [0.2, 0.25) is 0 Å². The molecule has 100 valence electrons. The van der Waals surface area contributed by atoms with Crippen LogP contribution in [0.4, 0.5) is 0 Å². The van der Waals surface area contributed by atoms with E-state index in [9.17, 15) is 0 Å². The molecular weight excluding hydrogens is 248 g/mol. The zero-order valence-electron chi connectivity index (χ0n) is 10.8. The average Bonchev–Trinajstić information content (AvgIpc) is 2.88. The smallest absolute Gasteiger partial charge is 0.137 e. The highest BCUT2D eigenvalue weighted by Gasteiger charge is 2.12. The highest BCUT2D eigenvalue weighted by molar-refractivity contribution is 6.32. The number of nitrogens with one attached hydrogen (secondary N) is 2. The molecule has 1 aromatic rings. The van der Waals surface area contributed by atoms with E-state index in [1.165, 1.54) is 24.9 Å². The summed E-state index contributed by atoms with van der Waals surface area (Å²) in [4.78, 5) is 0. The fourth-order valence-corrected chi connectivity index (χ4v) is 2.59. The Morgan fingerprint density at radius 1 is 1.50 bits per heavy atom. The summed E-state index contributed by atoms with van der Waals surface area (Å²) in [5.74, 6) is 0.739. The van der Waals surface area contributed by atoms with Gasteiger partial charge in [0, 0.05) is 12.6 Å². The number of halogens is 1. The van der Waals surface area contributed by atoms with Crippen LogP contribution in [0, 0.1) is 0 Å². The molecule has 4 heteroatoms. The second kappa shape index (κ2) is 6.98. The molecule has 1 atom stereocenters. The Hall–Kier alpha value is -0.770. The monoisotopic (exact) mass is 268 g/mol. The van der Waals surface area contributed by atoms with Gasteiger partial charge in [-0.15, -0.1) is 0 Å². The van der Waals surface area contributed by atoms with Crippen molar-refractivity contribution in [3.63, 3.8) is 0 Å². The Kier molecular flexibility index (Phi) is 5.29. The summed E-state index contributed by atoms with van der Waals surface area (Å²) < 4.78 is 5.14. The molecule has 3 nitrogen and oxygen atoms in total. The number of hydrogen-bond acceptors (Lipinski definition) is 3. The first-order chi connectivity index (χ1) is 8.79. The normalized spacial score (nSPS) is 19.1. The van der Waals surface area contributed by atoms with E-state index >= 15 is 0 Å². The standard InChI is InChI=1S/C14H21ClN2O/c1-18-14-5-4-11(9-13(14)15)6-8-16-10-12-3-2-7-17-12/h4-5,9,12,16-17H,2-3,6-8,10H2,1H3. The lowest BCUT2D eigenvalue weighted by Crippen LogP contribution is -2.34. The van der Waals surface area contributed by atoms with Crippen molar-refractivity contribution in [1.29, 1.82) is 0 Å². The molecule has 0 spiro atoms. The van der Waals surface area contributed by atoms with Gasteiger partial charge in [-0.3, -0.25) is 0 Å². The molecule has 1 aliphatic heterocycles. The molecule has 1 heterocycles. The molecule has 0 saturated carbocycles. The van der Waals surface area contributed by atoms with E-state index in [0.29, 0.717) is 11.1 Å². The summed E-state index contributed by atoms with van der Waals surface area (Å²) in [5.41, 5.74) is 1.24. The molecule has 1 aromatic carbocycles. The third kappa shape index (κ3) is 3.87. The number of hydrogen-bond donors (Lipinski definition) is 2. The lowest BCUT2D eigenvalue weighted by molar-refractivity contribution is 0.415. The quantitative estimate of drug-likeness (QED) is 0.777. The van der Waals surface area contributed by atoms with Crippen molar-refractivity contribution in [3.05, 3.63) is 28.8 Å². The highest BCUT2D eigenvalue weighted by Crippen LogP contribution is 2.24. The lowest BCUT2D eigenvalue weighted by atomic mass is 10.1. The van der Waals surface area contributed by atoms with Crippen LogP contribution in [0.3, 0.4) is 0 Å². The van der Waals surface area contributed by atoms with E-state index in [1.54, 1.807) is 7.11 Å². The first kappa shape index (κ1) is 13.7. The third-order valence-electron chi connectivity index (χ3n) is 3.36. The van der Waals surface area contributed by atoms with Gasteiger partial charge in [-0.1, -0.05) is 17.7 Å². The predicted octanol–water partition coefficient (Wildman–Crippen LogP) is 2.23. The average molecular weight is 269 g/mol. The van der Waals surface area contributed by atoms with E-state index in [1.807, 2.05) is 12.1 Å². The summed E-state index contributed by atoms with van der Waals surface area (Å²) in [5, 5.41) is 7.65. The Morgan fingerprint density at radius 3 is 3.06 bits per heavy atom. The lowest BCUT2D eigenvalue weighted by Gasteiger charge is -2.11. The van der Waals surface area contributed by atoms with E-state index in [2.05, 4.69) is 16.7 Å². The molecule has 0 amide bonds. The fraction of sp³-hybridized carbons (Fsp3) is 0.571. The van der Waals surface area contributed by atoms with E-state index in [-0.39, 0.29) is 0 Å². The van der Waals surface area contributed by atoms with Crippen molar-refractivity contribution < 1.29 is 4.74 Å². The number of ether oxygens (including phenoxy) is 1. The second-order valence-corrected chi connectivity index (χ2v) is 5.12. The van der Waals surface area contributed by atoms with Crippen molar-refractivity contribution in [2.75, 3.05) is 26.7 Å². The summed E-state index contributed by atoms with van der Waals surface area (Å²) in [7, 11) is 1.64. The predicted molar refractivity (Wildman–Crippen MR) is 75.6 cm³/mol. The zero-order chi connectivity index (χ0) is 12.8. The zero-order valence-corrected chi connectivity index (χ0v) is 11.6. The van der Waals surface area contributed by atoms with Crippen LogP contribution >= 0.6 is 11.6 Å². The molecule has 0 aliphatic carbocycles. The first-order valence-corrected chi connectivity index (χ1v) is 6.94. The van der Waals surface area contributed by atoms with Crippen LogP contribution in [0.25, 0.3) is 0 Å². The number of benzene rings is 1. The molecule has 2 N–H and O–H groups in total. The minimum atomic E-state index is 0.657. The topological polar surface area (TPSA) is 33.3 Å². The Bertz CT molecular complexity index is 378. The van der Waals surface area contributed by atoms with Crippen LogP contribution in [0.2, 0.25) is 5.02 Å². The largest absolute Gasteiger partial charge is 0.495 e. The molecular formula is C14H21ClN2O. The van der Waals surface area contributed by atoms with Crippen LogP contribution in [0.5, 0.6) is 5.75 Å². The van der Waals surface area contributed by atoms with Gasteiger partial charge >= 0.3 is 0 Å². The van der Waals surface area contributed by atoms with Crippen molar-refractivity contribution in [3.8, 4) is 5.75 Å². The number of methoxy groups -OCH3 is 1. The van der Waals surface area contributed by atoms with Gasteiger partial charge in [0.15, 0.2) is 0 Å². The van der Waals surface area contributed by atoms with Crippen LogP contribution in [0.15, 0.2) is 18.2 Å². The Labute approximate surface area is 114 Å². The molecule has 1 fully saturated rings. The first-order valence-electron chi connectivity index (χ1n) is 6.56. The summed E-state index contributed by atoms with van der Waals surface area (Å²) >= 11 is 6.09. The van der Waals surface area contributed by atoms with Crippen LogP contribution in [0.1, 0.15) is 18.4 Å². The van der Waals surface area contributed by atoms with Crippen molar-refractivity contribution in [2.24, 2.45) is 0 Å². The van der Waals surface area contributed by atoms with Crippen LogP contribution in [-0.2, 0) is 6.42 Å². The third-order valence-corrected chi connectivity index (χ3v) is 3.66. The van der Waals surface area contributed by atoms with E-state index in [0.717, 1.165) is 25.3 Å². The van der Waals surface area contributed by atoms with Gasteiger partial charge in [-0.05, 0) is 50.0 Å². The maximum atomic E-state index is 6.09. The van der Waals surface area contributed by atoms with Gasteiger partial charge in [-0.2, -0.15) is 0 Å². The van der Waals surface area contributed by atoms with E-state index < -0.39 is 0 Å². The molecule has 0 bridgehead atoms. The molecule has 0 radical (unpaired) electrons. The SMILES string of the molecule is COc1ccc(CCNCC2CCCN2)cc1Cl. The number of rotatable bonds is 6. The summed E-state index contributed by atoms with van der Waals surface area (Å²) in [6.07, 6.45) is 3.60. The fourth-order valence-electron chi connectivity index (χ4n) is 2.31. The minimum absolute atomic E-state index is 0.657. The van der Waals surface area contributed by atoms with Gasteiger partial charge in [0.25, 0.3) is 0 Å². The second-order valence-electron chi connectivity index (χ2n) is 4.72. The van der Waals surface area contributed by atoms with Gasteiger partial charge < -0.3 is 15.4 Å². The maximum Gasteiger partial charge on any atom is 0.137 e. The van der Waals surface area contributed by atoms with Gasteiger partial charge in [-0.25, -0.2) is 0 Å². The van der Waals surface area contributed by atoms with Gasteiger partial charge in [0.1, 0.15) is 5.75 Å². The van der Waals surface area contributed by atoms with Crippen molar-refractivity contribution in [1.82, 2.24) is 10.6 Å². The molecule has 1 unspecified atom stereocenters. The maximum absolute atomic E-state index is 6.09. The summed E-state index contributed by atoms with van der Waals surface area (Å²) in [6, 6.07) is 6.64. The van der Waals surface area contributed by atoms with Crippen LogP contribution < -0.4 is 15.4 Å². The molecule has 1 aliphatic rings. The van der Waals surface area contributed by atoms with Crippen LogP contribution in [-0.4, -0.2) is 32.8 Å². The molecule has 2 rings (SSSR count). The van der Waals surface area contributed by atoms with E-state index in [4.69, 9.17) is 16.3 Å². The van der Waals surface area contributed by atoms with Gasteiger partial charge in [0.05, 0.1) is 12.1 Å². The molecule has 18 heavy (non-hydrogen) atoms. The van der Waals surface area contributed by atoms with Crippen molar-refractivity contribution >= 4 is 11.6 Å². The Morgan fingerprint density at radius 2 is 2.39 bits per heavy atom. The Balaban J connectivity index is 1.71. The minimum Gasteiger partial charge on any atom is -0.495 e. The molecule has 1 saturated heterocycles. The van der Waals surface area contributed by atoms with Crippen molar-refractivity contribution in [2.45, 2.75) is 25.3 Å².